The Labute approximate surface area is 64.2 Å². The van der Waals surface area contributed by atoms with Crippen molar-refractivity contribution >= 4 is 5.97 Å². The summed E-state index contributed by atoms with van der Waals surface area (Å²) in [5, 5.41) is 8.63. The van der Waals surface area contributed by atoms with Gasteiger partial charge >= 0.3 is 5.97 Å². The van der Waals surface area contributed by atoms with Gasteiger partial charge in [0.25, 0.3) is 0 Å². The van der Waals surface area contributed by atoms with Crippen LogP contribution in [-0.2, 0) is 0 Å². The second-order valence-electron chi connectivity index (χ2n) is 2.35. The van der Waals surface area contributed by atoms with Gasteiger partial charge in [-0.1, -0.05) is 0 Å². The molecule has 0 aromatic carbocycles. The highest BCUT2D eigenvalue weighted by Crippen LogP contribution is 2.06. The number of hydrogen-bond acceptors (Lipinski definition) is 2. The predicted octanol–water partition coefficient (Wildman–Crippen LogP) is 0.664. The summed E-state index contributed by atoms with van der Waals surface area (Å²) in [4.78, 5) is 10.5. The maximum absolute atomic E-state index is 10.5. The molecular weight excluding hydrogens is 144 g/mol. The second kappa shape index (κ2) is 2.75. The number of aromatic carboxylic acids is 1. The van der Waals surface area contributed by atoms with Crippen LogP contribution in [-0.4, -0.2) is 15.6 Å². The summed E-state index contributed by atoms with van der Waals surface area (Å²) in [7, 11) is 0. The Bertz CT molecular complexity index is 265. The van der Waals surface area contributed by atoms with Gasteiger partial charge in [0.05, 0.1) is 6.17 Å². The smallest absolute Gasteiger partial charge is 0.352 e. The Morgan fingerprint density at radius 1 is 1.82 bits per heavy atom. The third-order valence-electron chi connectivity index (χ3n) is 1.44. The topological polar surface area (TPSA) is 68.2 Å². The molecule has 0 aliphatic rings. The van der Waals surface area contributed by atoms with E-state index in [-0.39, 0.29) is 11.9 Å². The zero-order chi connectivity index (χ0) is 8.43. The van der Waals surface area contributed by atoms with Crippen molar-refractivity contribution in [2.24, 2.45) is 5.73 Å². The van der Waals surface area contributed by atoms with Gasteiger partial charge in [0.2, 0.25) is 0 Å². The lowest BCUT2D eigenvalue weighted by Gasteiger charge is -2.09. The lowest BCUT2D eigenvalue weighted by atomic mass is 10.4. The van der Waals surface area contributed by atoms with Crippen LogP contribution >= 0.6 is 0 Å². The molecule has 4 nitrogen and oxygen atoms in total. The lowest BCUT2D eigenvalue weighted by molar-refractivity contribution is 0.0683. The molecule has 0 saturated heterocycles. The van der Waals surface area contributed by atoms with Crippen molar-refractivity contribution in [2.45, 2.75) is 13.1 Å². The van der Waals surface area contributed by atoms with Crippen LogP contribution in [0.5, 0.6) is 0 Å². The first-order valence-electron chi connectivity index (χ1n) is 3.28. The highest BCUT2D eigenvalue weighted by Gasteiger charge is 2.09. The third kappa shape index (κ3) is 1.40. The van der Waals surface area contributed by atoms with Crippen LogP contribution in [0.1, 0.15) is 23.6 Å². The monoisotopic (exact) mass is 154 g/mol. The van der Waals surface area contributed by atoms with Crippen LogP contribution in [0.25, 0.3) is 0 Å². The molecule has 1 unspecified atom stereocenters. The fraction of sp³-hybridized carbons (Fsp3) is 0.286. The van der Waals surface area contributed by atoms with Crippen molar-refractivity contribution in [3.8, 4) is 0 Å². The molecule has 1 aromatic rings. The molecule has 0 radical (unpaired) electrons. The first-order valence-corrected chi connectivity index (χ1v) is 3.28. The fourth-order valence-corrected chi connectivity index (χ4v) is 0.930. The predicted molar refractivity (Wildman–Crippen MR) is 40.3 cm³/mol. The van der Waals surface area contributed by atoms with Crippen LogP contribution in [0.15, 0.2) is 18.3 Å². The first kappa shape index (κ1) is 7.81. The van der Waals surface area contributed by atoms with E-state index in [0.29, 0.717) is 0 Å². The largest absolute Gasteiger partial charge is 0.477 e. The number of nitrogens with zero attached hydrogens (tertiary/aromatic N) is 1. The molecule has 0 saturated carbocycles. The summed E-state index contributed by atoms with van der Waals surface area (Å²) in [6.07, 6.45) is 1.35. The minimum Gasteiger partial charge on any atom is -0.477 e. The summed E-state index contributed by atoms with van der Waals surface area (Å²) in [5.74, 6) is -0.952. The number of hydrogen-bond donors (Lipinski definition) is 2. The Morgan fingerprint density at radius 3 is 2.82 bits per heavy atom. The molecule has 0 aliphatic heterocycles. The molecule has 0 spiro atoms. The highest BCUT2D eigenvalue weighted by atomic mass is 16.4. The minimum atomic E-state index is -0.952. The molecule has 4 heteroatoms. The van der Waals surface area contributed by atoms with E-state index < -0.39 is 5.97 Å². The fourth-order valence-electron chi connectivity index (χ4n) is 0.930. The van der Waals surface area contributed by atoms with Crippen molar-refractivity contribution in [3.05, 3.63) is 24.0 Å². The minimum absolute atomic E-state index is 0.222. The normalized spacial score (nSPS) is 12.9. The molecule has 0 aliphatic carbocycles. The molecule has 0 amide bonds. The first-order chi connectivity index (χ1) is 5.13. The number of nitrogens with two attached hydrogens (primary N) is 1. The van der Waals surface area contributed by atoms with E-state index in [9.17, 15) is 4.79 Å². The quantitative estimate of drug-likeness (QED) is 0.657. The Morgan fingerprint density at radius 2 is 2.45 bits per heavy atom. The molecule has 60 valence electrons. The number of rotatable bonds is 2. The number of carboxylic acid groups (broad SMARTS) is 1. The van der Waals surface area contributed by atoms with Gasteiger partial charge in [-0.3, -0.25) is 0 Å². The molecule has 3 N–H and O–H groups in total. The molecule has 1 rings (SSSR count). The average molecular weight is 154 g/mol. The SMILES string of the molecule is CC(N)n1cccc1C(=O)O. The van der Waals surface area contributed by atoms with Crippen molar-refractivity contribution in [2.75, 3.05) is 0 Å². The van der Waals surface area contributed by atoms with E-state index in [1.807, 2.05) is 0 Å². The maximum atomic E-state index is 10.5. The zero-order valence-corrected chi connectivity index (χ0v) is 6.19. The Balaban J connectivity index is 3.06. The third-order valence-corrected chi connectivity index (χ3v) is 1.44. The van der Waals surface area contributed by atoms with E-state index >= 15 is 0 Å². The Hall–Kier alpha value is -1.29. The van der Waals surface area contributed by atoms with Gasteiger partial charge in [-0.2, -0.15) is 0 Å². The lowest BCUT2D eigenvalue weighted by Crippen LogP contribution is -2.18. The van der Waals surface area contributed by atoms with E-state index in [4.69, 9.17) is 10.8 Å². The molecule has 1 aromatic heterocycles. The standard InChI is InChI=1S/C7H10N2O2/c1-5(8)9-4-2-3-6(9)7(10)11/h2-5H,8H2,1H3,(H,10,11). The van der Waals surface area contributed by atoms with Gasteiger partial charge in [0.15, 0.2) is 0 Å². The van der Waals surface area contributed by atoms with Gasteiger partial charge < -0.3 is 15.4 Å². The molecule has 0 bridgehead atoms. The van der Waals surface area contributed by atoms with Crippen LogP contribution in [0.4, 0.5) is 0 Å². The van der Waals surface area contributed by atoms with Crippen LogP contribution in [0.2, 0.25) is 0 Å². The molecular formula is C7H10N2O2. The molecule has 0 fully saturated rings. The van der Waals surface area contributed by atoms with Gasteiger partial charge in [-0.15, -0.1) is 0 Å². The number of carbonyl (C=O) groups is 1. The molecule has 11 heavy (non-hydrogen) atoms. The van der Waals surface area contributed by atoms with Crippen LogP contribution in [0, 0.1) is 0 Å². The number of aromatic nitrogens is 1. The highest BCUT2D eigenvalue weighted by molar-refractivity contribution is 5.85. The Kier molecular flexibility index (Phi) is 1.96. The summed E-state index contributed by atoms with van der Waals surface area (Å²) in [6.45, 7) is 1.73. The van der Waals surface area contributed by atoms with Crippen molar-refractivity contribution in [3.63, 3.8) is 0 Å². The number of carboxylic acids is 1. The second-order valence-corrected chi connectivity index (χ2v) is 2.35. The summed E-state index contributed by atoms with van der Waals surface area (Å²) >= 11 is 0. The molecule has 1 atom stereocenters. The van der Waals surface area contributed by atoms with E-state index in [2.05, 4.69) is 0 Å². The van der Waals surface area contributed by atoms with Gasteiger partial charge in [-0.25, -0.2) is 4.79 Å². The summed E-state index contributed by atoms with van der Waals surface area (Å²) in [5.41, 5.74) is 5.72. The summed E-state index contributed by atoms with van der Waals surface area (Å²) < 4.78 is 1.50. The van der Waals surface area contributed by atoms with Crippen LogP contribution < -0.4 is 5.73 Å². The van der Waals surface area contributed by atoms with E-state index in [1.165, 1.54) is 10.6 Å². The van der Waals surface area contributed by atoms with Gasteiger partial charge in [0.1, 0.15) is 5.69 Å². The van der Waals surface area contributed by atoms with Crippen molar-refractivity contribution in [1.82, 2.24) is 4.57 Å². The summed E-state index contributed by atoms with van der Waals surface area (Å²) in [6, 6.07) is 3.18. The van der Waals surface area contributed by atoms with Gasteiger partial charge in [-0.05, 0) is 19.1 Å². The average Bonchev–Trinajstić information content (AvgIpc) is 2.32. The maximum Gasteiger partial charge on any atom is 0.352 e. The van der Waals surface area contributed by atoms with E-state index in [0.717, 1.165) is 0 Å². The van der Waals surface area contributed by atoms with Crippen molar-refractivity contribution in [1.29, 1.82) is 0 Å². The van der Waals surface area contributed by atoms with Crippen LogP contribution in [0.3, 0.4) is 0 Å². The van der Waals surface area contributed by atoms with Gasteiger partial charge in [0, 0.05) is 6.20 Å². The van der Waals surface area contributed by atoms with Crippen molar-refractivity contribution < 1.29 is 9.90 Å². The van der Waals surface area contributed by atoms with E-state index in [1.54, 1.807) is 19.2 Å². The zero-order valence-electron chi connectivity index (χ0n) is 6.19. The molecule has 1 heterocycles.